The van der Waals surface area contributed by atoms with Crippen molar-refractivity contribution >= 4 is 17.7 Å². The average molecular weight is 1260 g/mol. The minimum absolute atomic E-state index is 0.727. The second-order valence-corrected chi connectivity index (χ2v) is 21.8. The maximum Gasteiger partial charge on any atom is 0.217 e. The van der Waals surface area contributed by atoms with Crippen molar-refractivity contribution in [1.29, 1.82) is 0 Å². The lowest BCUT2D eigenvalue weighted by molar-refractivity contribution is -0.393. The van der Waals surface area contributed by atoms with Gasteiger partial charge in [0.1, 0.15) is 165 Å². The lowest BCUT2D eigenvalue weighted by Crippen LogP contribution is -2.71. The van der Waals surface area contributed by atoms with Crippen molar-refractivity contribution < 1.29 is 173 Å². The predicted octanol–water partition coefficient (Wildman–Crippen LogP) is -14.8. The molecule has 0 radical (unpaired) electrons. The molecule has 0 aromatic rings. The minimum Gasteiger partial charge on any atom is -0.394 e. The molecule has 7 fully saturated rings. The molecule has 498 valence electrons. The summed E-state index contributed by atoms with van der Waals surface area (Å²) in [7, 11) is 0. The number of ether oxygens (including phenoxy) is 13. The van der Waals surface area contributed by atoms with Gasteiger partial charge in [-0.2, -0.15) is 0 Å². The van der Waals surface area contributed by atoms with E-state index in [1.807, 2.05) is 0 Å². The molecule has 0 aromatic heterocycles. The van der Waals surface area contributed by atoms with Crippen LogP contribution < -0.4 is 16.0 Å². The molecule has 7 heterocycles. The summed E-state index contributed by atoms with van der Waals surface area (Å²) in [4.78, 5) is 37.7. The van der Waals surface area contributed by atoms with Crippen molar-refractivity contribution in [3.8, 4) is 0 Å². The molecular weight excluding hydrogens is 1180 g/mol. The molecule has 0 bridgehead atoms. The number of aliphatic hydroxyl groups excluding tert-OH is 19. The molecule has 0 aromatic carbocycles. The summed E-state index contributed by atoms with van der Waals surface area (Å²) < 4.78 is 76.0. The molecule has 0 spiro atoms. The van der Waals surface area contributed by atoms with Crippen LogP contribution in [0.4, 0.5) is 0 Å². The van der Waals surface area contributed by atoms with Gasteiger partial charge in [0.05, 0.1) is 45.7 Å². The zero-order chi connectivity index (χ0) is 63.5. The topological polar surface area (TPSA) is 592 Å². The van der Waals surface area contributed by atoms with Crippen molar-refractivity contribution in [2.45, 2.75) is 242 Å². The van der Waals surface area contributed by atoms with Crippen molar-refractivity contribution in [3.05, 3.63) is 0 Å². The van der Waals surface area contributed by atoms with E-state index in [0.29, 0.717) is 0 Å². The Bertz CT molecular complexity index is 2170. The Labute approximate surface area is 488 Å². The van der Waals surface area contributed by atoms with E-state index in [-0.39, 0.29) is 0 Å². The fraction of sp³-hybridized carbons (Fsp3) is 0.938. The summed E-state index contributed by atoms with van der Waals surface area (Å²) >= 11 is 0. The number of amides is 3. The van der Waals surface area contributed by atoms with Gasteiger partial charge in [-0.3, -0.25) is 14.4 Å². The highest BCUT2D eigenvalue weighted by molar-refractivity contribution is 5.74. The summed E-state index contributed by atoms with van der Waals surface area (Å²) in [5.74, 6) is -2.53. The SMILES string of the molecule is CC(=O)N[C@@H]1[C@@H](O)[C@H](O[C@@H]2O[C@H](CO)[C@H](O)[C@H](O[C@@H]3O[C@H](CO)[C@@H](O[C@@H]4O[C@H](CO)[C@H](O)[C@H](O[C@@H]5O[C@H](CO)[C@@H](O[C@@H]6O[C@H](CO)[C@H](O)[C@H](O)[C@H]6O)[C@H](O[C@@H]6O[C@@H](C)[C@@H](O)[C@@H](O)[C@@H]6O)[C@H]5NC(C)=O)[C@H]4O)[C@H](O)[C@H]3NC(C)=O)[C@H]2O)[C@@H](CO)O[C@H]1O. The van der Waals surface area contributed by atoms with Crippen molar-refractivity contribution in [2.75, 3.05) is 39.6 Å². The number of hydrogen-bond acceptors (Lipinski definition) is 35. The highest BCUT2D eigenvalue weighted by atomic mass is 16.8. The summed E-state index contributed by atoms with van der Waals surface area (Å²) in [5.41, 5.74) is 0. The summed E-state index contributed by atoms with van der Waals surface area (Å²) in [6.45, 7) is -1.85. The van der Waals surface area contributed by atoms with E-state index in [4.69, 9.17) is 61.6 Å². The first-order valence-electron chi connectivity index (χ1n) is 27.5. The average Bonchev–Trinajstić information content (AvgIpc) is 1.20. The zero-order valence-electron chi connectivity index (χ0n) is 46.5. The molecule has 7 rings (SSSR count). The molecule has 7 saturated heterocycles. The van der Waals surface area contributed by atoms with Crippen LogP contribution >= 0.6 is 0 Å². The minimum atomic E-state index is -2.32. The number of aliphatic hydroxyl groups is 19. The van der Waals surface area contributed by atoms with Gasteiger partial charge in [0.25, 0.3) is 0 Å². The monoisotopic (exact) mass is 1260 g/mol. The zero-order valence-corrected chi connectivity index (χ0v) is 46.5. The molecule has 38 nitrogen and oxygen atoms in total. The number of hydrogen-bond donors (Lipinski definition) is 22. The van der Waals surface area contributed by atoms with Gasteiger partial charge in [-0.25, -0.2) is 0 Å². The van der Waals surface area contributed by atoms with Gasteiger partial charge in [0.2, 0.25) is 17.7 Å². The van der Waals surface area contributed by atoms with E-state index < -0.39 is 272 Å². The third-order valence-corrected chi connectivity index (χ3v) is 15.7. The van der Waals surface area contributed by atoms with E-state index in [1.54, 1.807) is 0 Å². The van der Waals surface area contributed by atoms with Crippen LogP contribution in [-0.2, 0) is 76.0 Å². The van der Waals surface area contributed by atoms with Crippen molar-refractivity contribution in [2.24, 2.45) is 0 Å². The van der Waals surface area contributed by atoms with Crippen LogP contribution in [0.15, 0.2) is 0 Å². The Balaban J connectivity index is 1.15. The molecule has 0 saturated carbocycles. The Kier molecular flexibility index (Phi) is 25.0. The smallest absolute Gasteiger partial charge is 0.217 e. The molecule has 3 amide bonds. The predicted molar refractivity (Wildman–Crippen MR) is 265 cm³/mol. The maximum absolute atomic E-state index is 13.1. The molecule has 35 atom stereocenters. The Hall–Kier alpha value is -2.87. The van der Waals surface area contributed by atoms with E-state index in [9.17, 15) is 111 Å². The third kappa shape index (κ3) is 15.2. The Morgan fingerprint density at radius 1 is 0.302 bits per heavy atom. The second kappa shape index (κ2) is 30.5. The van der Waals surface area contributed by atoms with Gasteiger partial charge in [0, 0.05) is 20.8 Å². The Morgan fingerprint density at radius 3 is 1.07 bits per heavy atom. The van der Waals surface area contributed by atoms with Crippen molar-refractivity contribution in [3.63, 3.8) is 0 Å². The highest BCUT2D eigenvalue weighted by Crippen LogP contribution is 2.39. The number of carbonyl (C=O) groups excluding carboxylic acids is 3. The summed E-state index contributed by atoms with van der Waals surface area (Å²) in [6, 6.07) is -5.27. The normalized spacial score (nSPS) is 49.4. The first-order valence-corrected chi connectivity index (χ1v) is 27.5. The molecular formula is C48H81N3O35. The summed E-state index contributed by atoms with van der Waals surface area (Å²) in [6.07, 6.45) is -61.6. The molecule has 0 aliphatic carbocycles. The quantitative estimate of drug-likeness (QED) is 0.0507. The highest BCUT2D eigenvalue weighted by Gasteiger charge is 2.60. The van der Waals surface area contributed by atoms with Gasteiger partial charge in [-0.05, 0) is 6.92 Å². The van der Waals surface area contributed by atoms with E-state index >= 15 is 0 Å². The van der Waals surface area contributed by atoms with Crippen LogP contribution in [0.25, 0.3) is 0 Å². The molecule has 38 heteroatoms. The molecule has 22 N–H and O–H groups in total. The lowest BCUT2D eigenvalue weighted by atomic mass is 9.93. The van der Waals surface area contributed by atoms with Gasteiger partial charge in [-0.1, -0.05) is 0 Å². The standard InChI is InChI=1S/C48H81N3O35/c1-11-24(61)30(67)32(69)45(74-11)84-39-23(51-14(4)60)44(80-20(10-57)38(39)83-46-33(70)31(68)25(62)15(5-52)76-46)86-41-27(64)17(7-54)78-48(35(41)72)82-37-19(9-56)79-43(22(29(37)66)50-13(3)59)85-40-26(63)16(6-53)77-47(34(40)71)81-36-18(8-55)75-42(73)21(28(36)65)49-12(2)58/h11,15-48,52-57,61-73H,5-10H2,1-4H3,(H,49,58)(H,50,59)(H,51,60)/t11-,15+,16+,17+,18+,19+,20+,21+,22+,23+,24+,25-,26-,27-,28+,29+,30+,31-,32-,33+,34+,35+,36+,37+,38+,39+,40-,41-,42+,43-,44-,45-,46-,47-,48-/m0/s1. The van der Waals surface area contributed by atoms with Gasteiger partial charge < -0.3 is 175 Å². The van der Waals surface area contributed by atoms with Crippen LogP contribution in [0.5, 0.6) is 0 Å². The van der Waals surface area contributed by atoms with Gasteiger partial charge in [0.15, 0.2) is 44.0 Å². The largest absolute Gasteiger partial charge is 0.394 e. The van der Waals surface area contributed by atoms with E-state index in [2.05, 4.69) is 16.0 Å². The Morgan fingerprint density at radius 2 is 0.616 bits per heavy atom. The van der Waals surface area contributed by atoms with Gasteiger partial charge >= 0.3 is 0 Å². The van der Waals surface area contributed by atoms with E-state index in [1.165, 1.54) is 6.92 Å². The third-order valence-electron chi connectivity index (χ3n) is 15.7. The van der Waals surface area contributed by atoms with Crippen molar-refractivity contribution in [1.82, 2.24) is 16.0 Å². The molecule has 7 aliphatic rings. The first kappa shape index (κ1) is 70.6. The number of carbonyl (C=O) groups is 3. The molecule has 86 heavy (non-hydrogen) atoms. The molecule has 7 aliphatic heterocycles. The van der Waals surface area contributed by atoms with Crippen LogP contribution in [0.2, 0.25) is 0 Å². The number of nitrogens with one attached hydrogen (secondary N) is 3. The maximum atomic E-state index is 13.1. The second-order valence-electron chi connectivity index (χ2n) is 21.8. The first-order chi connectivity index (χ1) is 40.6. The van der Waals surface area contributed by atoms with Crippen LogP contribution in [0.3, 0.4) is 0 Å². The lowest BCUT2D eigenvalue weighted by Gasteiger charge is -2.52. The van der Waals surface area contributed by atoms with Crippen LogP contribution in [-0.4, -0.2) is 369 Å². The summed E-state index contributed by atoms with van der Waals surface area (Å²) in [5, 5.41) is 214. The fourth-order valence-electron chi connectivity index (χ4n) is 11.1. The fourth-order valence-corrected chi connectivity index (χ4v) is 11.1. The van der Waals surface area contributed by atoms with Gasteiger partial charge in [-0.15, -0.1) is 0 Å². The van der Waals surface area contributed by atoms with E-state index in [0.717, 1.165) is 20.8 Å². The number of rotatable bonds is 21. The van der Waals surface area contributed by atoms with Crippen LogP contribution in [0.1, 0.15) is 27.7 Å². The molecule has 0 unspecified atom stereocenters. The van der Waals surface area contributed by atoms with Crippen LogP contribution in [0, 0.1) is 0 Å².